The molecule has 6 rings (SSSR count). The van der Waals surface area contributed by atoms with Crippen LogP contribution in [0, 0.1) is 12.7 Å². The molecular weight excluding hydrogens is 606 g/mol. The lowest BCUT2D eigenvalue weighted by Gasteiger charge is -2.35. The molecule has 2 aromatic heterocycles. The number of carbonyl (C=O) groups is 1. The maximum Gasteiger partial charge on any atom is 0.419 e. The lowest BCUT2D eigenvalue weighted by molar-refractivity contribution is -0.140. The van der Waals surface area contributed by atoms with Crippen LogP contribution in [-0.4, -0.2) is 25.7 Å². The first-order chi connectivity index (χ1) is 22.6. The molecule has 0 radical (unpaired) electrons. The van der Waals surface area contributed by atoms with E-state index in [2.05, 4.69) is 51.7 Å². The number of H-pyrrole nitrogens is 1. The summed E-state index contributed by atoms with van der Waals surface area (Å²) in [6, 6.07) is 32.4. The van der Waals surface area contributed by atoms with Gasteiger partial charge in [0.1, 0.15) is 23.4 Å². The fraction of sp³-hybridized carbons (Fsp3) is 0.162. The lowest BCUT2D eigenvalue weighted by Crippen LogP contribution is -2.38. The van der Waals surface area contributed by atoms with E-state index in [4.69, 9.17) is 5.10 Å². The Bertz CT molecular complexity index is 1890. The summed E-state index contributed by atoms with van der Waals surface area (Å²) < 4.78 is 54.9. The van der Waals surface area contributed by atoms with Gasteiger partial charge in [0.15, 0.2) is 5.82 Å². The summed E-state index contributed by atoms with van der Waals surface area (Å²) in [7, 11) is 0. The molecule has 2 heterocycles. The molecule has 0 aliphatic carbocycles. The molecule has 2 N–H and O–H groups in total. The molecule has 0 saturated heterocycles. The summed E-state index contributed by atoms with van der Waals surface area (Å²) in [6.07, 6.45) is -1.35. The van der Waals surface area contributed by atoms with Gasteiger partial charge in [0, 0.05) is 6.20 Å². The van der Waals surface area contributed by atoms with Crippen molar-refractivity contribution in [2.24, 2.45) is 0 Å². The number of aromatic amines is 1. The van der Waals surface area contributed by atoms with Crippen LogP contribution in [0.15, 0.2) is 122 Å². The highest BCUT2D eigenvalue weighted by atomic mass is 19.4. The molecule has 0 spiro atoms. The second-order valence-electron chi connectivity index (χ2n) is 11.4. The Morgan fingerprint density at radius 2 is 1.43 bits per heavy atom. The van der Waals surface area contributed by atoms with E-state index in [0.29, 0.717) is 22.5 Å². The van der Waals surface area contributed by atoms with Crippen molar-refractivity contribution in [2.75, 3.05) is 0 Å². The average molecular weight is 638 g/mol. The van der Waals surface area contributed by atoms with Crippen LogP contribution >= 0.6 is 0 Å². The van der Waals surface area contributed by atoms with Crippen LogP contribution in [0.2, 0.25) is 0 Å². The highest BCUT2D eigenvalue weighted by Crippen LogP contribution is 2.40. The first-order valence-corrected chi connectivity index (χ1v) is 15.0. The zero-order valence-electron chi connectivity index (χ0n) is 25.6. The second kappa shape index (κ2) is 12.7. The predicted molar refractivity (Wildman–Crippen MR) is 170 cm³/mol. The van der Waals surface area contributed by atoms with Crippen LogP contribution in [0.5, 0.6) is 0 Å². The molecule has 0 bridgehead atoms. The molecule has 10 heteroatoms. The van der Waals surface area contributed by atoms with Crippen molar-refractivity contribution in [1.82, 2.24) is 25.1 Å². The molecule has 1 unspecified atom stereocenters. The van der Waals surface area contributed by atoms with E-state index in [9.17, 15) is 22.4 Å². The molecule has 1 amide bonds. The average Bonchev–Trinajstić information content (AvgIpc) is 3.70. The first-order valence-electron chi connectivity index (χ1n) is 15.0. The number of carbonyl (C=O) groups excluding carboxylic acids is 1. The van der Waals surface area contributed by atoms with Crippen LogP contribution in [0.1, 0.15) is 68.2 Å². The number of hydrogen-bond acceptors (Lipinski definition) is 3. The summed E-state index contributed by atoms with van der Waals surface area (Å²) in [6.45, 7) is 3.52. The van der Waals surface area contributed by atoms with E-state index in [0.717, 1.165) is 28.8 Å². The van der Waals surface area contributed by atoms with Gasteiger partial charge in [-0.05, 0) is 65.8 Å². The molecule has 0 fully saturated rings. The number of hydrogen-bond donors (Lipinski definition) is 2. The maximum absolute atomic E-state index is 14.1. The van der Waals surface area contributed by atoms with Gasteiger partial charge in [-0.1, -0.05) is 97.1 Å². The zero-order chi connectivity index (χ0) is 33.2. The normalized spacial score (nSPS) is 12.6. The Morgan fingerprint density at radius 3 is 1.94 bits per heavy atom. The number of rotatable bonds is 9. The van der Waals surface area contributed by atoms with E-state index in [1.807, 2.05) is 59.3 Å². The Kier molecular flexibility index (Phi) is 8.51. The summed E-state index contributed by atoms with van der Waals surface area (Å²) in [4.78, 5) is 21.0. The Labute approximate surface area is 269 Å². The Morgan fingerprint density at radius 1 is 0.872 bits per heavy atom. The Balaban J connectivity index is 1.28. The van der Waals surface area contributed by atoms with E-state index >= 15 is 0 Å². The third-order valence-corrected chi connectivity index (χ3v) is 8.37. The third-order valence-electron chi connectivity index (χ3n) is 8.37. The number of nitrogens with zero attached hydrogens (tertiary/aromatic N) is 3. The van der Waals surface area contributed by atoms with Crippen LogP contribution in [-0.2, 0) is 18.1 Å². The minimum absolute atomic E-state index is 0.146. The molecule has 4 aromatic carbocycles. The van der Waals surface area contributed by atoms with E-state index in [1.54, 1.807) is 26.4 Å². The monoisotopic (exact) mass is 637 g/mol. The molecular formula is C37H31F4N5O. The van der Waals surface area contributed by atoms with Crippen LogP contribution < -0.4 is 5.32 Å². The minimum atomic E-state index is -4.77. The molecule has 47 heavy (non-hydrogen) atoms. The van der Waals surface area contributed by atoms with Crippen molar-refractivity contribution in [3.63, 3.8) is 0 Å². The minimum Gasteiger partial charge on any atom is -0.357 e. The molecule has 6 aromatic rings. The number of amides is 1. The zero-order valence-corrected chi connectivity index (χ0v) is 25.6. The molecule has 0 aliphatic heterocycles. The number of aromatic nitrogens is 4. The van der Waals surface area contributed by atoms with Gasteiger partial charge in [-0.15, -0.1) is 0 Å². The van der Waals surface area contributed by atoms with Crippen molar-refractivity contribution < 1.29 is 22.4 Å². The van der Waals surface area contributed by atoms with Crippen LogP contribution in [0.4, 0.5) is 17.6 Å². The predicted octanol–water partition coefficient (Wildman–Crippen LogP) is 7.99. The van der Waals surface area contributed by atoms with Crippen LogP contribution in [0.3, 0.4) is 0 Å². The van der Waals surface area contributed by atoms with Gasteiger partial charge in [0.05, 0.1) is 11.6 Å². The maximum atomic E-state index is 14.1. The van der Waals surface area contributed by atoms with Crippen LogP contribution in [0.25, 0.3) is 0 Å². The standard InChI is InChI=1S/C37H31F4N5O/c1-24-27(20-26-18-19-31(32(38)21-26)37(39,40)41)22-42-33(24)35(47)44-25(2)34-43-23-46(45-34)36(28-12-6-3-7-13-28,29-14-8-4-9-15-29)30-16-10-5-11-17-30/h3-19,21-23,25,42H,20H2,1-2H3,(H,44,47). The summed E-state index contributed by atoms with van der Waals surface area (Å²) in [5.74, 6) is -1.34. The molecule has 0 aliphatic rings. The highest BCUT2D eigenvalue weighted by molar-refractivity contribution is 5.94. The quantitative estimate of drug-likeness (QED) is 0.125. The number of halogens is 4. The molecule has 238 valence electrons. The molecule has 1 atom stereocenters. The molecule has 6 nitrogen and oxygen atoms in total. The van der Waals surface area contributed by atoms with Crippen molar-refractivity contribution in [3.8, 4) is 0 Å². The Hall–Kier alpha value is -5.51. The van der Waals surface area contributed by atoms with Gasteiger partial charge in [-0.25, -0.2) is 14.1 Å². The summed E-state index contributed by atoms with van der Waals surface area (Å²) in [5, 5.41) is 7.89. The summed E-state index contributed by atoms with van der Waals surface area (Å²) in [5.41, 5.74) is 2.66. The fourth-order valence-corrected chi connectivity index (χ4v) is 5.98. The summed E-state index contributed by atoms with van der Waals surface area (Å²) >= 11 is 0. The van der Waals surface area contributed by atoms with Crippen molar-refractivity contribution >= 4 is 5.91 Å². The largest absolute Gasteiger partial charge is 0.419 e. The van der Waals surface area contributed by atoms with Gasteiger partial charge < -0.3 is 10.3 Å². The van der Waals surface area contributed by atoms with Gasteiger partial charge in [0.2, 0.25) is 0 Å². The number of nitrogens with one attached hydrogen (secondary N) is 2. The number of alkyl halides is 3. The van der Waals surface area contributed by atoms with Crippen molar-refractivity contribution in [1.29, 1.82) is 0 Å². The first kappa shape index (κ1) is 31.5. The van der Waals surface area contributed by atoms with Gasteiger partial charge in [0.25, 0.3) is 5.91 Å². The second-order valence-corrected chi connectivity index (χ2v) is 11.4. The SMILES string of the molecule is Cc1c(Cc2ccc(C(F)(F)F)c(F)c2)c[nH]c1C(=O)NC(C)c1ncn(C(c2ccccc2)(c2ccccc2)c2ccccc2)n1. The van der Waals surface area contributed by atoms with Gasteiger partial charge >= 0.3 is 6.18 Å². The fourth-order valence-electron chi connectivity index (χ4n) is 5.98. The van der Waals surface area contributed by atoms with Gasteiger partial charge in [-0.2, -0.15) is 18.3 Å². The van der Waals surface area contributed by atoms with E-state index in [1.165, 1.54) is 6.07 Å². The third kappa shape index (κ3) is 6.06. The lowest BCUT2D eigenvalue weighted by atomic mass is 9.77. The van der Waals surface area contributed by atoms with E-state index in [-0.39, 0.29) is 12.1 Å². The van der Waals surface area contributed by atoms with E-state index < -0.39 is 35.0 Å². The highest BCUT2D eigenvalue weighted by Gasteiger charge is 2.40. The topological polar surface area (TPSA) is 75.6 Å². The van der Waals surface area contributed by atoms with Crippen molar-refractivity contribution in [2.45, 2.75) is 38.0 Å². The van der Waals surface area contributed by atoms with Crippen molar-refractivity contribution in [3.05, 3.63) is 178 Å². The van der Waals surface area contributed by atoms with Gasteiger partial charge in [-0.3, -0.25) is 4.79 Å². The molecule has 0 saturated carbocycles. The smallest absolute Gasteiger partial charge is 0.357 e. The number of benzene rings is 4.